The predicted molar refractivity (Wildman–Crippen MR) is 64.1 cm³/mol. The highest BCUT2D eigenvalue weighted by molar-refractivity contribution is 5.71. The number of nitrogen functional groups attached to an aromatic ring is 1. The van der Waals surface area contributed by atoms with Gasteiger partial charge in [-0.05, 0) is 25.0 Å². The molecule has 1 atom stereocenters. The normalized spacial score (nSPS) is 19.0. The van der Waals surface area contributed by atoms with E-state index >= 15 is 0 Å². The lowest BCUT2D eigenvalue weighted by atomic mass is 10.1. The highest BCUT2D eigenvalue weighted by Gasteiger charge is 2.24. The van der Waals surface area contributed by atoms with Crippen LogP contribution in [0.1, 0.15) is 24.9 Å². The second-order valence-corrected chi connectivity index (χ2v) is 4.27. The van der Waals surface area contributed by atoms with Gasteiger partial charge in [0.1, 0.15) is 12.1 Å². The van der Waals surface area contributed by atoms with Crippen molar-refractivity contribution < 1.29 is 5.11 Å². The number of aromatic nitrogens is 3. The molecule has 0 saturated heterocycles. The predicted octanol–water partition coefficient (Wildman–Crippen LogP) is 1.35. The molecule has 3 N–H and O–H groups in total. The molecule has 0 amide bonds. The number of para-hydroxylation sites is 1. The number of aryl methyl sites for hydroxylation is 1. The maximum Gasteiger partial charge on any atom is 0.168 e. The Morgan fingerprint density at radius 2 is 2.12 bits per heavy atom. The first kappa shape index (κ1) is 10.3. The highest BCUT2D eigenvalue weighted by atomic mass is 16.3. The number of anilines is 1. The number of aliphatic hydroxyl groups is 1. The van der Waals surface area contributed by atoms with Gasteiger partial charge in [-0.3, -0.25) is 4.57 Å². The minimum atomic E-state index is -0.539. The Morgan fingerprint density at radius 3 is 2.94 bits per heavy atom. The van der Waals surface area contributed by atoms with E-state index in [9.17, 15) is 5.11 Å². The van der Waals surface area contributed by atoms with E-state index < -0.39 is 6.23 Å². The zero-order valence-electron chi connectivity index (χ0n) is 9.37. The minimum absolute atomic E-state index is 0.539. The van der Waals surface area contributed by atoms with Crippen LogP contribution in [0.3, 0.4) is 0 Å². The largest absolute Gasteiger partial charge is 0.398 e. The molecule has 0 aliphatic carbocycles. The summed E-state index contributed by atoms with van der Waals surface area (Å²) in [4.78, 5) is 0. The molecule has 0 spiro atoms. The number of rotatable bonds is 1. The Balaban J connectivity index is 2.17. The van der Waals surface area contributed by atoms with Crippen LogP contribution >= 0.6 is 0 Å². The average molecular weight is 230 g/mol. The topological polar surface area (TPSA) is 77.0 Å². The van der Waals surface area contributed by atoms with E-state index in [-0.39, 0.29) is 0 Å². The van der Waals surface area contributed by atoms with Crippen LogP contribution in [-0.4, -0.2) is 19.9 Å². The van der Waals surface area contributed by atoms with Crippen molar-refractivity contribution in [1.82, 2.24) is 14.8 Å². The van der Waals surface area contributed by atoms with Gasteiger partial charge in [0.25, 0.3) is 0 Å². The lowest BCUT2D eigenvalue weighted by molar-refractivity contribution is 0.0796. The fraction of sp³-hybridized carbons (Fsp3) is 0.333. The van der Waals surface area contributed by atoms with Crippen LogP contribution in [0, 0.1) is 0 Å². The number of nitrogens with two attached hydrogens (primary N) is 1. The molecular formula is C12H14N4O. The summed E-state index contributed by atoms with van der Waals surface area (Å²) >= 11 is 0. The summed E-state index contributed by atoms with van der Waals surface area (Å²) in [6.07, 6.45) is 2.01. The Morgan fingerprint density at radius 1 is 1.29 bits per heavy atom. The van der Waals surface area contributed by atoms with Crippen LogP contribution in [0.25, 0.3) is 11.4 Å². The average Bonchev–Trinajstić information content (AvgIpc) is 2.75. The third kappa shape index (κ3) is 1.59. The Kier molecular flexibility index (Phi) is 2.33. The quantitative estimate of drug-likeness (QED) is 0.725. The first-order valence-electron chi connectivity index (χ1n) is 5.74. The monoisotopic (exact) mass is 230 g/mol. The van der Waals surface area contributed by atoms with Crippen molar-refractivity contribution in [2.24, 2.45) is 0 Å². The summed E-state index contributed by atoms with van der Waals surface area (Å²) in [7, 11) is 0. The molecular weight excluding hydrogens is 216 g/mol. The fourth-order valence-electron chi connectivity index (χ4n) is 2.26. The standard InChI is InChI=1S/C12H14N4O/c13-9-5-2-1-4-8(9)12-15-14-10-6-3-7-11(17)16(10)12/h1-2,4-5,11,17H,3,6-7,13H2. The maximum atomic E-state index is 10.0. The van der Waals surface area contributed by atoms with Gasteiger partial charge in [-0.25, -0.2) is 0 Å². The minimum Gasteiger partial charge on any atom is -0.398 e. The van der Waals surface area contributed by atoms with E-state index in [0.29, 0.717) is 11.5 Å². The highest BCUT2D eigenvalue weighted by Crippen LogP contribution is 2.30. The van der Waals surface area contributed by atoms with Crippen molar-refractivity contribution in [2.45, 2.75) is 25.5 Å². The van der Waals surface area contributed by atoms with E-state index in [4.69, 9.17) is 5.73 Å². The SMILES string of the molecule is Nc1ccccc1-c1nnc2n1C(O)CCC2. The molecule has 1 aliphatic heterocycles. The second kappa shape index (κ2) is 3.85. The summed E-state index contributed by atoms with van der Waals surface area (Å²) in [5.41, 5.74) is 7.41. The third-order valence-electron chi connectivity index (χ3n) is 3.13. The first-order valence-corrected chi connectivity index (χ1v) is 5.74. The molecule has 5 heteroatoms. The van der Waals surface area contributed by atoms with Gasteiger partial charge in [0.2, 0.25) is 0 Å². The van der Waals surface area contributed by atoms with Gasteiger partial charge in [0.15, 0.2) is 5.82 Å². The molecule has 1 aromatic heterocycles. The summed E-state index contributed by atoms with van der Waals surface area (Å²) in [5, 5.41) is 18.3. The van der Waals surface area contributed by atoms with Gasteiger partial charge in [-0.2, -0.15) is 0 Å². The number of hydrogen-bond donors (Lipinski definition) is 2. The van der Waals surface area contributed by atoms with Crippen molar-refractivity contribution in [2.75, 3.05) is 5.73 Å². The van der Waals surface area contributed by atoms with Crippen LogP contribution < -0.4 is 5.73 Å². The van der Waals surface area contributed by atoms with Gasteiger partial charge in [-0.15, -0.1) is 10.2 Å². The molecule has 1 unspecified atom stereocenters. The Labute approximate surface area is 98.9 Å². The van der Waals surface area contributed by atoms with Crippen LogP contribution in [0.2, 0.25) is 0 Å². The van der Waals surface area contributed by atoms with E-state index in [2.05, 4.69) is 10.2 Å². The first-order chi connectivity index (χ1) is 8.27. The summed E-state index contributed by atoms with van der Waals surface area (Å²) < 4.78 is 1.79. The van der Waals surface area contributed by atoms with Crippen LogP contribution in [0.4, 0.5) is 5.69 Å². The van der Waals surface area contributed by atoms with Crippen molar-refractivity contribution in [3.05, 3.63) is 30.1 Å². The number of nitrogens with zero attached hydrogens (tertiary/aromatic N) is 3. The Bertz CT molecular complexity index is 549. The molecule has 2 heterocycles. The molecule has 3 rings (SSSR count). The van der Waals surface area contributed by atoms with Gasteiger partial charge in [-0.1, -0.05) is 12.1 Å². The zero-order chi connectivity index (χ0) is 11.8. The smallest absolute Gasteiger partial charge is 0.168 e. The summed E-state index contributed by atoms with van der Waals surface area (Å²) in [6, 6.07) is 7.51. The number of benzene rings is 1. The van der Waals surface area contributed by atoms with Gasteiger partial charge in [0, 0.05) is 17.7 Å². The van der Waals surface area contributed by atoms with Gasteiger partial charge < -0.3 is 10.8 Å². The lowest BCUT2D eigenvalue weighted by Crippen LogP contribution is -2.18. The van der Waals surface area contributed by atoms with Crippen LogP contribution in [0.5, 0.6) is 0 Å². The molecule has 0 bridgehead atoms. The Hall–Kier alpha value is -1.88. The lowest BCUT2D eigenvalue weighted by Gasteiger charge is -2.21. The van der Waals surface area contributed by atoms with E-state index in [0.717, 1.165) is 30.7 Å². The summed E-state index contributed by atoms with van der Waals surface area (Å²) in [5.74, 6) is 1.49. The maximum absolute atomic E-state index is 10.0. The van der Waals surface area contributed by atoms with Crippen LogP contribution in [0.15, 0.2) is 24.3 Å². The van der Waals surface area contributed by atoms with Crippen molar-refractivity contribution in [1.29, 1.82) is 0 Å². The van der Waals surface area contributed by atoms with E-state index in [1.54, 1.807) is 4.57 Å². The molecule has 0 saturated carbocycles. The molecule has 1 aromatic carbocycles. The van der Waals surface area contributed by atoms with E-state index in [1.807, 2.05) is 24.3 Å². The molecule has 0 radical (unpaired) electrons. The van der Waals surface area contributed by atoms with Crippen molar-refractivity contribution >= 4 is 5.69 Å². The number of hydrogen-bond acceptors (Lipinski definition) is 4. The van der Waals surface area contributed by atoms with Gasteiger partial charge in [0.05, 0.1) is 0 Å². The zero-order valence-corrected chi connectivity index (χ0v) is 9.37. The summed E-state index contributed by atoms with van der Waals surface area (Å²) in [6.45, 7) is 0. The van der Waals surface area contributed by atoms with Crippen molar-refractivity contribution in [3.8, 4) is 11.4 Å². The molecule has 5 nitrogen and oxygen atoms in total. The van der Waals surface area contributed by atoms with Gasteiger partial charge >= 0.3 is 0 Å². The second-order valence-electron chi connectivity index (χ2n) is 4.27. The molecule has 1 aliphatic rings. The third-order valence-corrected chi connectivity index (χ3v) is 3.13. The number of fused-ring (bicyclic) bond motifs is 1. The van der Waals surface area contributed by atoms with E-state index in [1.165, 1.54) is 0 Å². The molecule has 17 heavy (non-hydrogen) atoms. The molecule has 0 fully saturated rings. The molecule has 88 valence electrons. The molecule has 2 aromatic rings. The van der Waals surface area contributed by atoms with Crippen molar-refractivity contribution in [3.63, 3.8) is 0 Å². The number of aliphatic hydroxyl groups excluding tert-OH is 1. The fourth-order valence-corrected chi connectivity index (χ4v) is 2.26. The van der Waals surface area contributed by atoms with Crippen LogP contribution in [-0.2, 0) is 6.42 Å².